The molecule has 9 nitrogen and oxygen atoms in total. The van der Waals surface area contributed by atoms with E-state index in [0.29, 0.717) is 29.2 Å². The van der Waals surface area contributed by atoms with Gasteiger partial charge in [-0.1, -0.05) is 0 Å². The maximum atomic E-state index is 13.8. The summed E-state index contributed by atoms with van der Waals surface area (Å²) in [5.74, 6) is -0.357. The molecule has 148 valence electrons. The van der Waals surface area contributed by atoms with Crippen molar-refractivity contribution in [2.75, 3.05) is 11.9 Å². The third-order valence-electron chi connectivity index (χ3n) is 4.69. The van der Waals surface area contributed by atoms with Crippen LogP contribution < -0.4 is 11.1 Å². The van der Waals surface area contributed by atoms with Crippen LogP contribution in [-0.4, -0.2) is 49.7 Å². The first-order valence-electron chi connectivity index (χ1n) is 8.82. The van der Waals surface area contributed by atoms with Crippen LogP contribution in [0.1, 0.15) is 35.1 Å². The molecule has 1 aliphatic heterocycles. The number of halogens is 1. The Hall–Kier alpha value is -2.63. The number of aromatic amines is 1. The van der Waals surface area contributed by atoms with Crippen LogP contribution in [0.25, 0.3) is 10.7 Å². The van der Waals surface area contributed by atoms with Gasteiger partial charge in [-0.2, -0.15) is 10.2 Å². The van der Waals surface area contributed by atoms with Crippen LogP contribution in [0.5, 0.6) is 0 Å². The number of nitrogens with two attached hydrogens (primary N) is 1. The maximum absolute atomic E-state index is 13.8. The van der Waals surface area contributed by atoms with Crippen LogP contribution in [0, 0.1) is 0 Å². The number of ether oxygens (including phenoxy) is 1. The molecule has 3 aromatic rings. The molecule has 1 amide bonds. The molecule has 4 rings (SSSR count). The molecule has 3 atom stereocenters. The van der Waals surface area contributed by atoms with Crippen molar-refractivity contribution in [1.82, 2.24) is 25.0 Å². The number of aryl methyl sites for hydroxylation is 1. The lowest BCUT2D eigenvalue weighted by Gasteiger charge is -2.17. The largest absolute Gasteiger partial charge is 0.369 e. The second-order valence-electron chi connectivity index (χ2n) is 6.61. The monoisotopic (exact) mass is 405 g/mol. The third kappa shape index (κ3) is 3.68. The van der Waals surface area contributed by atoms with E-state index in [-0.39, 0.29) is 18.2 Å². The second kappa shape index (κ2) is 7.78. The fraction of sp³-hybridized carbons (Fsp3) is 0.412. The van der Waals surface area contributed by atoms with Crippen LogP contribution in [0.4, 0.5) is 10.1 Å². The fourth-order valence-electron chi connectivity index (χ4n) is 3.14. The summed E-state index contributed by atoms with van der Waals surface area (Å²) >= 11 is 1.34. The van der Waals surface area contributed by atoms with Gasteiger partial charge in [-0.05, 0) is 18.9 Å². The molecule has 0 unspecified atom stereocenters. The van der Waals surface area contributed by atoms with Gasteiger partial charge in [0, 0.05) is 24.7 Å². The Morgan fingerprint density at radius 1 is 1.50 bits per heavy atom. The zero-order chi connectivity index (χ0) is 19.7. The van der Waals surface area contributed by atoms with Gasteiger partial charge >= 0.3 is 0 Å². The average Bonchev–Trinajstić information content (AvgIpc) is 3.41. The Labute approximate surface area is 164 Å². The summed E-state index contributed by atoms with van der Waals surface area (Å²) in [6.07, 6.45) is 2.61. The summed E-state index contributed by atoms with van der Waals surface area (Å²) in [7, 11) is 1.76. The molecule has 1 aliphatic rings. The number of hydrogen-bond donors (Lipinski definition) is 3. The number of alkyl halides is 1. The summed E-state index contributed by atoms with van der Waals surface area (Å²) in [6, 6.07) is 1.23. The highest BCUT2D eigenvalue weighted by molar-refractivity contribution is 7.13. The summed E-state index contributed by atoms with van der Waals surface area (Å²) in [6.45, 7) is -0.0793. The first-order chi connectivity index (χ1) is 13.5. The van der Waals surface area contributed by atoms with Crippen molar-refractivity contribution in [1.29, 1.82) is 0 Å². The minimum Gasteiger partial charge on any atom is -0.369 e. The van der Waals surface area contributed by atoms with Crippen LogP contribution in [-0.2, 0) is 11.8 Å². The van der Waals surface area contributed by atoms with Crippen LogP contribution >= 0.6 is 11.3 Å². The van der Waals surface area contributed by atoms with E-state index in [1.54, 1.807) is 35.6 Å². The molecule has 28 heavy (non-hydrogen) atoms. The van der Waals surface area contributed by atoms with E-state index >= 15 is 0 Å². The molecule has 3 aromatic heterocycles. The maximum Gasteiger partial charge on any atom is 0.275 e. The highest BCUT2D eigenvalue weighted by Crippen LogP contribution is 2.32. The number of H-pyrrole nitrogens is 1. The zero-order valence-corrected chi connectivity index (χ0v) is 15.9. The van der Waals surface area contributed by atoms with E-state index in [2.05, 4.69) is 25.6 Å². The minimum absolute atomic E-state index is 0.0793. The molecule has 0 saturated carbocycles. The molecule has 0 aromatic carbocycles. The van der Waals surface area contributed by atoms with Crippen molar-refractivity contribution >= 4 is 22.9 Å². The van der Waals surface area contributed by atoms with Gasteiger partial charge in [0.05, 0.1) is 29.9 Å². The van der Waals surface area contributed by atoms with Crippen LogP contribution in [0.15, 0.2) is 23.8 Å². The Morgan fingerprint density at radius 2 is 2.36 bits per heavy atom. The summed E-state index contributed by atoms with van der Waals surface area (Å²) in [5, 5.41) is 16.1. The molecule has 4 heterocycles. The standard InChI is InChI=1S/C17H20FN7O2S/c1-25-15(14-3-2-10(19)9(18)7-27-14)12(6-21-25)22-16(26)13-8-28-17(23-13)11-4-5-20-24-11/h4-6,8-10,14H,2-3,7,19H2,1H3,(H,20,24)(H,22,26)/t9-,10-,14+/m1/s1. The molecule has 1 fully saturated rings. The molecule has 0 spiro atoms. The van der Waals surface area contributed by atoms with Crippen molar-refractivity contribution in [3.63, 3.8) is 0 Å². The number of hydrogen-bond acceptors (Lipinski definition) is 7. The Morgan fingerprint density at radius 3 is 3.14 bits per heavy atom. The second-order valence-corrected chi connectivity index (χ2v) is 7.47. The Balaban J connectivity index is 1.52. The highest BCUT2D eigenvalue weighted by Gasteiger charge is 2.30. The van der Waals surface area contributed by atoms with E-state index in [0.717, 1.165) is 5.69 Å². The quantitative estimate of drug-likeness (QED) is 0.610. The van der Waals surface area contributed by atoms with Gasteiger partial charge in [0.2, 0.25) is 0 Å². The van der Waals surface area contributed by atoms with E-state index in [1.165, 1.54) is 11.3 Å². The van der Waals surface area contributed by atoms with E-state index in [9.17, 15) is 9.18 Å². The smallest absolute Gasteiger partial charge is 0.275 e. The van der Waals surface area contributed by atoms with Crippen LogP contribution in [0.2, 0.25) is 0 Å². The third-order valence-corrected chi connectivity index (χ3v) is 5.56. The SMILES string of the molecule is Cn1ncc(NC(=O)c2csc(-c3ccn[nH]3)n2)c1[C@@H]1CC[C@@H](N)[C@H](F)CO1. The molecule has 0 bridgehead atoms. The molecule has 0 aliphatic carbocycles. The Kier molecular flexibility index (Phi) is 5.20. The Bertz CT molecular complexity index is 943. The topological polar surface area (TPSA) is 124 Å². The predicted octanol–water partition coefficient (Wildman–Crippen LogP) is 2.04. The van der Waals surface area contributed by atoms with Crippen molar-refractivity contribution in [3.05, 3.63) is 35.2 Å². The van der Waals surface area contributed by atoms with Gasteiger partial charge in [-0.3, -0.25) is 14.6 Å². The van der Waals surface area contributed by atoms with Gasteiger partial charge in [-0.25, -0.2) is 9.37 Å². The zero-order valence-electron chi connectivity index (χ0n) is 15.1. The van der Waals surface area contributed by atoms with Crippen molar-refractivity contribution in [3.8, 4) is 10.7 Å². The summed E-state index contributed by atoms with van der Waals surface area (Å²) in [5.41, 5.74) is 8.03. The molecular weight excluding hydrogens is 385 g/mol. The lowest BCUT2D eigenvalue weighted by atomic mass is 10.0. The van der Waals surface area contributed by atoms with E-state index in [1.807, 2.05) is 0 Å². The van der Waals surface area contributed by atoms with Crippen LogP contribution in [0.3, 0.4) is 0 Å². The number of anilines is 1. The molecular formula is C17H20FN7O2S. The molecule has 4 N–H and O–H groups in total. The van der Waals surface area contributed by atoms with E-state index in [4.69, 9.17) is 10.5 Å². The fourth-order valence-corrected chi connectivity index (χ4v) is 3.92. The number of amides is 1. The minimum atomic E-state index is -1.20. The van der Waals surface area contributed by atoms with Gasteiger partial charge < -0.3 is 15.8 Å². The van der Waals surface area contributed by atoms with Gasteiger partial charge in [-0.15, -0.1) is 11.3 Å². The average molecular weight is 405 g/mol. The number of aromatic nitrogens is 5. The normalized spacial score (nSPS) is 22.8. The van der Waals surface area contributed by atoms with Crippen molar-refractivity contribution < 1.29 is 13.9 Å². The number of carbonyl (C=O) groups is 1. The molecule has 1 saturated heterocycles. The first-order valence-corrected chi connectivity index (χ1v) is 9.70. The number of nitrogens with zero attached hydrogens (tertiary/aromatic N) is 4. The summed E-state index contributed by atoms with van der Waals surface area (Å²) < 4.78 is 21.2. The lowest BCUT2D eigenvalue weighted by molar-refractivity contribution is 0.0247. The van der Waals surface area contributed by atoms with Gasteiger partial charge in [0.15, 0.2) is 0 Å². The number of rotatable bonds is 4. The first kappa shape index (κ1) is 18.7. The number of carbonyl (C=O) groups excluding carboxylic acids is 1. The van der Waals surface area contributed by atoms with E-state index < -0.39 is 18.3 Å². The van der Waals surface area contributed by atoms with Gasteiger partial charge in [0.25, 0.3) is 5.91 Å². The highest BCUT2D eigenvalue weighted by atomic mass is 32.1. The lowest BCUT2D eigenvalue weighted by Crippen LogP contribution is -2.32. The molecule has 0 radical (unpaired) electrons. The molecule has 11 heteroatoms. The summed E-state index contributed by atoms with van der Waals surface area (Å²) in [4.78, 5) is 17.0. The van der Waals surface area contributed by atoms with Crippen molar-refractivity contribution in [2.45, 2.75) is 31.2 Å². The number of nitrogens with one attached hydrogen (secondary N) is 2. The van der Waals surface area contributed by atoms with Gasteiger partial charge in [0.1, 0.15) is 23.0 Å². The predicted molar refractivity (Wildman–Crippen MR) is 102 cm³/mol. The number of thiazole rings is 1. The van der Waals surface area contributed by atoms with Crippen molar-refractivity contribution in [2.24, 2.45) is 12.8 Å².